The van der Waals surface area contributed by atoms with Crippen LogP contribution in [-0.2, 0) is 28.6 Å². The normalized spacial score (nSPS) is 29.7. The second-order valence-electron chi connectivity index (χ2n) is 15.7. The van der Waals surface area contributed by atoms with Crippen LogP contribution in [0.1, 0.15) is 197 Å². The SMILES string of the molecule is CCCCCCCCCCCCCCCCCC(=O)OCC1(CCCC)COC2(CC(C)(CC)N(OC(C)=O)C(C)(CC)C2C)OC1. The molecule has 0 aromatic heterocycles. The number of hydroxylamine groups is 2. The minimum atomic E-state index is -0.792. The number of carbonyl (C=O) groups is 2. The summed E-state index contributed by atoms with van der Waals surface area (Å²) < 4.78 is 19.6. The number of carbonyl (C=O) groups excluding carboxylic acids is 2. The number of nitrogens with zero attached hydrogens (tertiary/aromatic N) is 1. The molecular formula is C40H75NO6. The summed E-state index contributed by atoms with van der Waals surface area (Å²) in [6, 6.07) is 0. The maximum Gasteiger partial charge on any atom is 0.322 e. The zero-order valence-corrected chi connectivity index (χ0v) is 32.2. The van der Waals surface area contributed by atoms with Gasteiger partial charge in [0.15, 0.2) is 5.79 Å². The molecule has 0 radical (unpaired) electrons. The first kappa shape index (κ1) is 42.0. The first-order valence-electron chi connectivity index (χ1n) is 19.9. The van der Waals surface area contributed by atoms with Gasteiger partial charge in [0.05, 0.1) is 29.7 Å². The van der Waals surface area contributed by atoms with Crippen LogP contribution in [0.25, 0.3) is 0 Å². The van der Waals surface area contributed by atoms with Crippen LogP contribution in [0.2, 0.25) is 0 Å². The lowest BCUT2D eigenvalue weighted by molar-refractivity contribution is -0.403. The highest BCUT2D eigenvalue weighted by molar-refractivity contribution is 5.69. The zero-order valence-electron chi connectivity index (χ0n) is 32.2. The van der Waals surface area contributed by atoms with Gasteiger partial charge in [-0.05, 0) is 39.5 Å². The van der Waals surface area contributed by atoms with E-state index in [4.69, 9.17) is 19.0 Å². The van der Waals surface area contributed by atoms with E-state index in [0.29, 0.717) is 32.7 Å². The average molecular weight is 666 g/mol. The number of rotatable bonds is 24. The zero-order chi connectivity index (χ0) is 34.8. The van der Waals surface area contributed by atoms with Crippen LogP contribution in [0.4, 0.5) is 0 Å². The Hall–Kier alpha value is -1.18. The van der Waals surface area contributed by atoms with Gasteiger partial charge in [0.2, 0.25) is 0 Å². The Morgan fingerprint density at radius 2 is 1.21 bits per heavy atom. The lowest BCUT2D eigenvalue weighted by Crippen LogP contribution is -2.74. The van der Waals surface area contributed by atoms with Crippen molar-refractivity contribution in [2.75, 3.05) is 19.8 Å². The molecule has 47 heavy (non-hydrogen) atoms. The second kappa shape index (κ2) is 21.1. The van der Waals surface area contributed by atoms with E-state index < -0.39 is 16.9 Å². The highest BCUT2D eigenvalue weighted by atomic mass is 16.7. The molecule has 0 amide bonds. The molecular weight excluding hydrogens is 590 g/mol. The summed E-state index contributed by atoms with van der Waals surface area (Å²) in [5.41, 5.74) is -1.24. The number of esters is 1. The van der Waals surface area contributed by atoms with Crippen molar-refractivity contribution in [1.82, 2.24) is 5.06 Å². The largest absolute Gasteiger partial charge is 0.465 e. The van der Waals surface area contributed by atoms with Crippen LogP contribution in [0.5, 0.6) is 0 Å². The first-order chi connectivity index (χ1) is 22.5. The molecule has 0 saturated carbocycles. The minimum absolute atomic E-state index is 0.0455. The van der Waals surface area contributed by atoms with E-state index >= 15 is 0 Å². The van der Waals surface area contributed by atoms with Gasteiger partial charge < -0.3 is 19.0 Å². The van der Waals surface area contributed by atoms with Gasteiger partial charge in [0.1, 0.15) is 6.61 Å². The Morgan fingerprint density at radius 3 is 1.66 bits per heavy atom. The fourth-order valence-electron chi connectivity index (χ4n) is 7.87. The van der Waals surface area contributed by atoms with Crippen molar-refractivity contribution in [2.24, 2.45) is 11.3 Å². The van der Waals surface area contributed by atoms with Gasteiger partial charge in [-0.3, -0.25) is 9.59 Å². The topological polar surface area (TPSA) is 74.3 Å². The van der Waals surface area contributed by atoms with Crippen LogP contribution < -0.4 is 0 Å². The molecule has 2 saturated heterocycles. The molecule has 3 unspecified atom stereocenters. The number of hydrogen-bond acceptors (Lipinski definition) is 7. The van der Waals surface area contributed by atoms with E-state index in [9.17, 15) is 9.59 Å². The number of piperidine rings is 1. The second-order valence-corrected chi connectivity index (χ2v) is 15.7. The van der Waals surface area contributed by atoms with Gasteiger partial charge in [0.25, 0.3) is 0 Å². The highest BCUT2D eigenvalue weighted by Gasteiger charge is 2.64. The fourth-order valence-corrected chi connectivity index (χ4v) is 7.87. The minimum Gasteiger partial charge on any atom is -0.465 e. The molecule has 2 fully saturated rings. The molecule has 2 heterocycles. The summed E-state index contributed by atoms with van der Waals surface area (Å²) in [5, 5.41) is 1.93. The molecule has 0 aromatic carbocycles. The molecule has 7 nitrogen and oxygen atoms in total. The van der Waals surface area contributed by atoms with Crippen LogP contribution in [0.3, 0.4) is 0 Å². The third kappa shape index (κ3) is 12.6. The summed E-state index contributed by atoms with van der Waals surface area (Å²) in [5.74, 6) is -1.24. The average Bonchev–Trinajstić information content (AvgIpc) is 3.06. The summed E-state index contributed by atoms with van der Waals surface area (Å²) in [4.78, 5) is 30.8. The Labute approximate surface area is 289 Å². The maximum atomic E-state index is 12.8. The lowest BCUT2D eigenvalue weighted by atomic mass is 9.66. The van der Waals surface area contributed by atoms with Crippen molar-refractivity contribution in [3.8, 4) is 0 Å². The van der Waals surface area contributed by atoms with Crippen molar-refractivity contribution in [3.05, 3.63) is 0 Å². The summed E-state index contributed by atoms with van der Waals surface area (Å²) in [7, 11) is 0. The Bertz CT molecular complexity index is 886. The van der Waals surface area contributed by atoms with E-state index in [-0.39, 0.29) is 23.3 Å². The van der Waals surface area contributed by atoms with Crippen LogP contribution in [0, 0.1) is 11.3 Å². The Balaban J connectivity index is 1.78. The molecule has 0 aliphatic carbocycles. The number of hydrogen-bond donors (Lipinski definition) is 0. The predicted octanol–water partition coefficient (Wildman–Crippen LogP) is 10.9. The lowest BCUT2D eigenvalue weighted by Gasteiger charge is -2.63. The van der Waals surface area contributed by atoms with Crippen LogP contribution in [0.15, 0.2) is 0 Å². The van der Waals surface area contributed by atoms with Crippen molar-refractivity contribution < 1.29 is 28.6 Å². The molecule has 7 heteroatoms. The molecule has 0 aromatic rings. The van der Waals surface area contributed by atoms with E-state index in [0.717, 1.165) is 44.9 Å². The van der Waals surface area contributed by atoms with Crippen LogP contribution in [-0.4, -0.2) is 53.7 Å². The monoisotopic (exact) mass is 666 g/mol. The van der Waals surface area contributed by atoms with Gasteiger partial charge in [-0.1, -0.05) is 137 Å². The summed E-state index contributed by atoms with van der Waals surface area (Å²) >= 11 is 0. The molecule has 276 valence electrons. The quantitative estimate of drug-likeness (QED) is 0.0750. The van der Waals surface area contributed by atoms with Gasteiger partial charge in [-0.15, -0.1) is 5.06 Å². The Kier molecular flexibility index (Phi) is 18.9. The van der Waals surface area contributed by atoms with E-state index in [1.807, 2.05) is 5.06 Å². The molecule has 3 atom stereocenters. The molecule has 2 aliphatic heterocycles. The van der Waals surface area contributed by atoms with Crippen molar-refractivity contribution in [3.63, 3.8) is 0 Å². The fraction of sp³-hybridized carbons (Fsp3) is 0.950. The number of unbranched alkanes of at least 4 members (excludes halogenated alkanes) is 15. The van der Waals surface area contributed by atoms with Crippen molar-refractivity contribution in [2.45, 2.75) is 214 Å². The van der Waals surface area contributed by atoms with Crippen molar-refractivity contribution >= 4 is 11.9 Å². The molecule has 2 rings (SSSR count). The van der Waals surface area contributed by atoms with E-state index in [1.54, 1.807) is 0 Å². The molecule has 2 aliphatic rings. The predicted molar refractivity (Wildman–Crippen MR) is 192 cm³/mol. The smallest absolute Gasteiger partial charge is 0.322 e. The Morgan fingerprint density at radius 1 is 0.723 bits per heavy atom. The van der Waals surface area contributed by atoms with E-state index in [1.165, 1.54) is 90.4 Å². The molecule has 0 N–H and O–H groups in total. The van der Waals surface area contributed by atoms with Gasteiger partial charge in [-0.2, -0.15) is 0 Å². The summed E-state index contributed by atoms with van der Waals surface area (Å²) in [6.07, 6.45) is 25.3. The van der Waals surface area contributed by atoms with Crippen molar-refractivity contribution in [1.29, 1.82) is 0 Å². The molecule has 1 spiro atoms. The van der Waals surface area contributed by atoms with Gasteiger partial charge in [0, 0.05) is 25.7 Å². The van der Waals surface area contributed by atoms with Gasteiger partial charge >= 0.3 is 11.9 Å². The highest BCUT2D eigenvalue weighted by Crippen LogP contribution is 2.54. The third-order valence-electron chi connectivity index (χ3n) is 11.7. The van der Waals surface area contributed by atoms with Gasteiger partial charge in [-0.25, -0.2) is 0 Å². The van der Waals surface area contributed by atoms with E-state index in [2.05, 4.69) is 48.5 Å². The standard InChI is InChI=1S/C40H75NO6/c1-9-13-15-16-17-18-19-20-21-22-23-24-25-26-27-28-36(43)44-31-39(29-14-10-2)32-45-40(46-33-39)30-37(7,11-3)41(47-35(6)42)38(8,12-4)34(40)5/h34H,9-33H2,1-8H3. The first-order valence-corrected chi connectivity index (χ1v) is 19.9. The maximum absolute atomic E-state index is 12.8. The summed E-state index contributed by atoms with van der Waals surface area (Å²) in [6.45, 7) is 18.0. The third-order valence-corrected chi connectivity index (χ3v) is 11.7. The molecule has 0 bridgehead atoms. The number of ether oxygens (including phenoxy) is 3. The van der Waals surface area contributed by atoms with Crippen LogP contribution >= 0.6 is 0 Å².